The van der Waals surface area contributed by atoms with Gasteiger partial charge in [-0.3, -0.25) is 0 Å². The van der Waals surface area contributed by atoms with E-state index in [0.717, 1.165) is 0 Å². The second-order valence-electron chi connectivity index (χ2n) is 3.03. The van der Waals surface area contributed by atoms with E-state index in [1.807, 2.05) is 0 Å². The Morgan fingerprint density at radius 1 is 1.59 bits per heavy atom. The molecule has 0 spiro atoms. The summed E-state index contributed by atoms with van der Waals surface area (Å²) in [5, 5.41) is 26.9. The van der Waals surface area contributed by atoms with Crippen LogP contribution in [-0.2, 0) is 4.79 Å². The second-order valence-corrected chi connectivity index (χ2v) is 3.88. The van der Waals surface area contributed by atoms with Crippen LogP contribution in [-0.4, -0.2) is 23.3 Å². The zero-order valence-electron chi connectivity index (χ0n) is 8.77. The van der Waals surface area contributed by atoms with E-state index in [1.165, 1.54) is 25.3 Å². The summed E-state index contributed by atoms with van der Waals surface area (Å²) in [5.41, 5.74) is 0.0371. The number of hydrogen-bond donors (Lipinski definition) is 2. The summed E-state index contributed by atoms with van der Waals surface area (Å²) in [4.78, 5) is 10.7. The Hall–Kier alpha value is -2.00. The molecule has 0 aromatic heterocycles. The average molecular weight is 298 g/mol. The van der Waals surface area contributed by atoms with E-state index in [9.17, 15) is 9.90 Å². The number of ether oxygens (including phenoxy) is 1. The van der Waals surface area contributed by atoms with Crippen molar-refractivity contribution in [3.8, 4) is 17.6 Å². The van der Waals surface area contributed by atoms with Gasteiger partial charge in [-0.25, -0.2) is 4.79 Å². The number of carbonyl (C=O) groups is 1. The van der Waals surface area contributed by atoms with E-state index in [4.69, 9.17) is 15.1 Å². The van der Waals surface area contributed by atoms with Crippen LogP contribution in [0, 0.1) is 11.3 Å². The molecule has 0 bridgehead atoms. The fourth-order valence-corrected chi connectivity index (χ4v) is 1.60. The fraction of sp³-hybridized carbons (Fsp3) is 0.0909. The molecule has 0 aliphatic carbocycles. The highest BCUT2D eigenvalue weighted by Gasteiger charge is 2.10. The lowest BCUT2D eigenvalue weighted by Crippen LogP contribution is -1.97. The van der Waals surface area contributed by atoms with Crippen LogP contribution < -0.4 is 4.74 Å². The maximum absolute atomic E-state index is 10.7. The molecule has 17 heavy (non-hydrogen) atoms. The number of rotatable bonds is 3. The maximum Gasteiger partial charge on any atom is 0.346 e. The van der Waals surface area contributed by atoms with E-state index >= 15 is 0 Å². The van der Waals surface area contributed by atoms with Gasteiger partial charge in [0, 0.05) is 0 Å². The number of aliphatic carboxylic acids is 1. The molecule has 6 heteroatoms. The molecule has 0 radical (unpaired) electrons. The van der Waals surface area contributed by atoms with Crippen molar-refractivity contribution >= 4 is 28.0 Å². The van der Waals surface area contributed by atoms with E-state index in [1.54, 1.807) is 6.07 Å². The Morgan fingerprint density at radius 2 is 2.24 bits per heavy atom. The largest absolute Gasteiger partial charge is 0.503 e. The Balaban J connectivity index is 3.30. The van der Waals surface area contributed by atoms with Crippen molar-refractivity contribution in [1.29, 1.82) is 5.26 Å². The Morgan fingerprint density at radius 3 is 2.71 bits per heavy atom. The molecule has 88 valence electrons. The predicted octanol–water partition coefficient (Wildman–Crippen LogP) is 2.15. The van der Waals surface area contributed by atoms with Gasteiger partial charge >= 0.3 is 5.97 Å². The van der Waals surface area contributed by atoms with E-state index in [0.29, 0.717) is 10.0 Å². The predicted molar refractivity (Wildman–Crippen MR) is 63.6 cm³/mol. The molecule has 1 rings (SSSR count). The number of phenolic OH excluding ortho intramolecular Hbond substituents is 1. The number of hydrogen-bond acceptors (Lipinski definition) is 4. The molecular weight excluding hydrogens is 290 g/mol. The number of halogens is 1. The summed E-state index contributed by atoms with van der Waals surface area (Å²) in [6.45, 7) is 0. The standard InChI is InChI=1S/C11H8BrNO4/c1-17-9-4-6(3-8(12)10(9)14)2-7(5-13)11(15)16/h2-4,14H,1H3,(H,15,16)/b7-2+. The van der Waals surface area contributed by atoms with Gasteiger partial charge in [0.25, 0.3) is 0 Å². The molecule has 1 aromatic carbocycles. The van der Waals surface area contributed by atoms with Crippen LogP contribution in [0.1, 0.15) is 5.56 Å². The van der Waals surface area contributed by atoms with Crippen molar-refractivity contribution in [2.75, 3.05) is 7.11 Å². The third-order valence-electron chi connectivity index (χ3n) is 1.93. The maximum atomic E-state index is 10.7. The van der Waals surface area contributed by atoms with Crippen LogP contribution in [0.2, 0.25) is 0 Å². The highest BCUT2D eigenvalue weighted by atomic mass is 79.9. The fourth-order valence-electron chi connectivity index (χ4n) is 1.14. The highest BCUT2D eigenvalue weighted by Crippen LogP contribution is 2.35. The minimum atomic E-state index is -1.31. The Bertz CT molecular complexity index is 531. The zero-order valence-corrected chi connectivity index (χ0v) is 10.4. The number of carboxylic acids is 1. The first-order chi connectivity index (χ1) is 7.99. The molecule has 0 fully saturated rings. The van der Waals surface area contributed by atoms with Gasteiger partial charge in [-0.05, 0) is 39.7 Å². The summed E-state index contributed by atoms with van der Waals surface area (Å²) < 4.78 is 5.26. The number of nitriles is 1. The lowest BCUT2D eigenvalue weighted by molar-refractivity contribution is -0.132. The third-order valence-corrected chi connectivity index (χ3v) is 2.54. The molecule has 0 unspecified atom stereocenters. The first-order valence-corrected chi connectivity index (χ1v) is 5.20. The molecule has 0 amide bonds. The van der Waals surface area contributed by atoms with Crippen LogP contribution in [0.5, 0.6) is 11.5 Å². The monoisotopic (exact) mass is 297 g/mol. The van der Waals surface area contributed by atoms with E-state index in [2.05, 4.69) is 15.9 Å². The SMILES string of the molecule is COc1cc(/C=C(\C#N)C(=O)O)cc(Br)c1O. The molecule has 2 N–H and O–H groups in total. The first kappa shape index (κ1) is 13.1. The minimum absolute atomic E-state index is 0.0847. The van der Waals surface area contributed by atoms with E-state index < -0.39 is 11.5 Å². The van der Waals surface area contributed by atoms with Crippen LogP contribution in [0.4, 0.5) is 0 Å². The smallest absolute Gasteiger partial charge is 0.346 e. The van der Waals surface area contributed by atoms with Gasteiger partial charge in [-0.1, -0.05) is 0 Å². The summed E-state index contributed by atoms with van der Waals surface area (Å²) in [6, 6.07) is 4.48. The Kier molecular flexibility index (Phi) is 4.12. The molecule has 0 atom stereocenters. The van der Waals surface area contributed by atoms with Crippen LogP contribution in [0.25, 0.3) is 6.08 Å². The third kappa shape index (κ3) is 2.98. The van der Waals surface area contributed by atoms with Gasteiger partial charge in [0.2, 0.25) is 0 Å². The second kappa shape index (κ2) is 5.37. The van der Waals surface area contributed by atoms with Gasteiger partial charge in [-0.2, -0.15) is 5.26 Å². The van der Waals surface area contributed by atoms with Crippen molar-refractivity contribution in [2.45, 2.75) is 0 Å². The summed E-state index contributed by atoms with van der Waals surface area (Å²) in [6.07, 6.45) is 1.19. The molecule has 0 aliphatic heterocycles. The molecule has 1 aromatic rings. The quantitative estimate of drug-likeness (QED) is 0.659. The van der Waals surface area contributed by atoms with Crippen molar-refractivity contribution in [3.63, 3.8) is 0 Å². The number of phenols is 1. The van der Waals surface area contributed by atoms with Gasteiger partial charge in [-0.15, -0.1) is 0 Å². The van der Waals surface area contributed by atoms with Gasteiger partial charge < -0.3 is 14.9 Å². The first-order valence-electron chi connectivity index (χ1n) is 4.41. The van der Waals surface area contributed by atoms with Crippen molar-refractivity contribution in [1.82, 2.24) is 0 Å². The molecule has 5 nitrogen and oxygen atoms in total. The van der Waals surface area contributed by atoms with Crippen LogP contribution >= 0.6 is 15.9 Å². The number of nitrogens with zero attached hydrogens (tertiary/aromatic N) is 1. The number of aromatic hydroxyl groups is 1. The number of benzene rings is 1. The summed E-state index contributed by atoms with van der Waals surface area (Å²) in [7, 11) is 1.37. The van der Waals surface area contributed by atoms with Gasteiger partial charge in [0.1, 0.15) is 11.6 Å². The lowest BCUT2D eigenvalue weighted by Gasteiger charge is -2.06. The van der Waals surface area contributed by atoms with Gasteiger partial charge in [0.05, 0.1) is 11.6 Å². The summed E-state index contributed by atoms with van der Waals surface area (Å²) >= 11 is 3.10. The van der Waals surface area contributed by atoms with Crippen LogP contribution in [0.3, 0.4) is 0 Å². The van der Waals surface area contributed by atoms with Crippen molar-refractivity contribution in [3.05, 3.63) is 27.7 Å². The number of carboxylic acid groups (broad SMARTS) is 1. The Labute approximate surface area is 106 Å². The van der Waals surface area contributed by atoms with Crippen LogP contribution in [0.15, 0.2) is 22.2 Å². The average Bonchev–Trinajstić information content (AvgIpc) is 2.29. The molecule has 0 aliphatic rings. The molecular formula is C11H8BrNO4. The molecule has 0 heterocycles. The van der Waals surface area contributed by atoms with Crippen molar-refractivity contribution in [2.24, 2.45) is 0 Å². The molecule has 0 saturated carbocycles. The van der Waals surface area contributed by atoms with Gasteiger partial charge in [0.15, 0.2) is 11.5 Å². The zero-order chi connectivity index (χ0) is 13.0. The lowest BCUT2D eigenvalue weighted by atomic mass is 10.1. The highest BCUT2D eigenvalue weighted by molar-refractivity contribution is 9.10. The van der Waals surface area contributed by atoms with Crippen molar-refractivity contribution < 1.29 is 19.7 Å². The molecule has 0 saturated heterocycles. The minimum Gasteiger partial charge on any atom is -0.503 e. The topological polar surface area (TPSA) is 90.5 Å². The number of methoxy groups -OCH3 is 1. The normalized spacial score (nSPS) is 10.8. The van der Waals surface area contributed by atoms with E-state index in [-0.39, 0.29) is 11.5 Å². The summed E-state index contributed by atoms with van der Waals surface area (Å²) in [5.74, 6) is -1.21.